The SMILES string of the molecule is O=C(Oc1ccccc1)N1CCCC=C1OS(=O)(=O)C(F)(F)F. The van der Waals surface area contributed by atoms with E-state index in [-0.39, 0.29) is 18.7 Å². The third-order valence-electron chi connectivity index (χ3n) is 2.82. The van der Waals surface area contributed by atoms with Crippen LogP contribution in [0.2, 0.25) is 0 Å². The summed E-state index contributed by atoms with van der Waals surface area (Å²) in [7, 11) is -5.85. The highest BCUT2D eigenvalue weighted by atomic mass is 32.2. The van der Waals surface area contributed by atoms with Crippen LogP contribution < -0.4 is 4.74 Å². The molecule has 126 valence electrons. The lowest BCUT2D eigenvalue weighted by molar-refractivity contribution is -0.0537. The highest BCUT2D eigenvalue weighted by molar-refractivity contribution is 7.87. The van der Waals surface area contributed by atoms with Gasteiger partial charge in [-0.05, 0) is 31.1 Å². The number of ether oxygens (including phenoxy) is 1. The van der Waals surface area contributed by atoms with E-state index in [1.165, 1.54) is 12.1 Å². The number of para-hydroxylation sites is 1. The molecule has 1 aromatic rings. The van der Waals surface area contributed by atoms with Gasteiger partial charge in [0.15, 0.2) is 0 Å². The molecule has 0 unspecified atom stereocenters. The number of benzene rings is 1. The summed E-state index contributed by atoms with van der Waals surface area (Å²) >= 11 is 0. The van der Waals surface area contributed by atoms with Gasteiger partial charge in [-0.15, -0.1) is 0 Å². The van der Waals surface area contributed by atoms with Crippen molar-refractivity contribution in [3.63, 3.8) is 0 Å². The first kappa shape index (κ1) is 17.1. The highest BCUT2D eigenvalue weighted by Gasteiger charge is 2.49. The van der Waals surface area contributed by atoms with Crippen molar-refractivity contribution in [3.8, 4) is 5.75 Å². The van der Waals surface area contributed by atoms with Crippen LogP contribution in [0.15, 0.2) is 42.3 Å². The van der Waals surface area contributed by atoms with Crippen LogP contribution in [0.25, 0.3) is 0 Å². The molecule has 0 radical (unpaired) electrons. The van der Waals surface area contributed by atoms with E-state index in [0.29, 0.717) is 11.3 Å². The number of hydrogen-bond donors (Lipinski definition) is 0. The van der Waals surface area contributed by atoms with E-state index < -0.39 is 27.6 Å². The first-order chi connectivity index (χ1) is 10.7. The van der Waals surface area contributed by atoms with Gasteiger partial charge in [-0.2, -0.15) is 21.6 Å². The third-order valence-corrected chi connectivity index (χ3v) is 3.78. The van der Waals surface area contributed by atoms with Crippen molar-refractivity contribution in [2.45, 2.75) is 18.3 Å². The number of carbonyl (C=O) groups excluding carboxylic acids is 1. The van der Waals surface area contributed by atoms with Crippen LogP contribution >= 0.6 is 0 Å². The zero-order chi connectivity index (χ0) is 17.1. The largest absolute Gasteiger partial charge is 0.534 e. The van der Waals surface area contributed by atoms with Crippen molar-refractivity contribution in [1.82, 2.24) is 4.90 Å². The first-order valence-corrected chi connectivity index (χ1v) is 7.87. The second kappa shape index (κ2) is 6.49. The lowest BCUT2D eigenvalue weighted by atomic mass is 10.2. The molecule has 0 fully saturated rings. The highest BCUT2D eigenvalue weighted by Crippen LogP contribution is 2.29. The maximum atomic E-state index is 12.4. The van der Waals surface area contributed by atoms with Gasteiger partial charge in [0.05, 0.1) is 0 Å². The van der Waals surface area contributed by atoms with E-state index in [0.717, 1.165) is 6.08 Å². The van der Waals surface area contributed by atoms with Crippen molar-refractivity contribution >= 4 is 16.2 Å². The van der Waals surface area contributed by atoms with Crippen LogP contribution in [0.3, 0.4) is 0 Å². The molecule has 10 heteroatoms. The lowest BCUT2D eigenvalue weighted by Gasteiger charge is -2.26. The number of allylic oxidation sites excluding steroid dienone is 1. The molecule has 0 bridgehead atoms. The molecule has 0 aromatic heterocycles. The van der Waals surface area contributed by atoms with Gasteiger partial charge in [0.2, 0.25) is 5.88 Å². The van der Waals surface area contributed by atoms with E-state index in [4.69, 9.17) is 4.74 Å². The summed E-state index contributed by atoms with van der Waals surface area (Å²) in [5.41, 5.74) is -5.58. The second-order valence-corrected chi connectivity index (χ2v) is 6.04. The molecular weight excluding hydrogens is 339 g/mol. The summed E-state index contributed by atoms with van der Waals surface area (Å²) in [6.45, 7) is -0.0229. The quantitative estimate of drug-likeness (QED) is 0.618. The van der Waals surface area contributed by atoms with Crippen LogP contribution in [-0.4, -0.2) is 31.5 Å². The van der Waals surface area contributed by atoms with Crippen LogP contribution in [0.4, 0.5) is 18.0 Å². The molecule has 2 rings (SSSR count). The number of carbonyl (C=O) groups is 1. The van der Waals surface area contributed by atoms with E-state index in [2.05, 4.69) is 4.18 Å². The average molecular weight is 351 g/mol. The average Bonchev–Trinajstić information content (AvgIpc) is 2.47. The van der Waals surface area contributed by atoms with Gasteiger partial charge in [0.25, 0.3) is 0 Å². The van der Waals surface area contributed by atoms with E-state index in [1.807, 2.05) is 0 Å². The predicted octanol–water partition coefficient (Wildman–Crippen LogP) is 2.99. The molecule has 0 saturated heterocycles. The van der Waals surface area contributed by atoms with Crippen molar-refractivity contribution in [2.75, 3.05) is 6.54 Å². The summed E-state index contributed by atoms with van der Waals surface area (Å²) < 4.78 is 68.3. The molecule has 23 heavy (non-hydrogen) atoms. The van der Waals surface area contributed by atoms with Gasteiger partial charge < -0.3 is 8.92 Å². The molecule has 0 N–H and O–H groups in total. The maximum Gasteiger partial charge on any atom is 0.534 e. The fourth-order valence-electron chi connectivity index (χ4n) is 1.76. The first-order valence-electron chi connectivity index (χ1n) is 6.46. The van der Waals surface area contributed by atoms with Crippen molar-refractivity contribution < 1.29 is 35.3 Å². The Labute approximate surface area is 130 Å². The minimum atomic E-state index is -5.85. The van der Waals surface area contributed by atoms with Crippen LogP contribution in [-0.2, 0) is 14.3 Å². The number of alkyl halides is 3. The normalized spacial score (nSPS) is 15.8. The smallest absolute Gasteiger partial charge is 0.410 e. The molecular formula is C13H12F3NO5S. The zero-order valence-electron chi connectivity index (χ0n) is 11.6. The monoisotopic (exact) mass is 351 g/mol. The summed E-state index contributed by atoms with van der Waals surface area (Å²) in [6.07, 6.45) is 0.777. The summed E-state index contributed by atoms with van der Waals surface area (Å²) in [6, 6.07) is 7.82. The Bertz CT molecular complexity index is 700. The Morgan fingerprint density at radius 3 is 2.43 bits per heavy atom. The molecule has 0 atom stereocenters. The van der Waals surface area contributed by atoms with Crippen molar-refractivity contribution in [3.05, 3.63) is 42.3 Å². The van der Waals surface area contributed by atoms with Crippen LogP contribution in [0.1, 0.15) is 12.8 Å². The van der Waals surface area contributed by atoms with Crippen molar-refractivity contribution in [2.24, 2.45) is 0 Å². The molecule has 1 heterocycles. The summed E-state index contributed by atoms with van der Waals surface area (Å²) in [4.78, 5) is 12.7. The fraction of sp³-hybridized carbons (Fsp3) is 0.308. The summed E-state index contributed by atoms with van der Waals surface area (Å²) in [5.74, 6) is -0.546. The molecule has 1 aliphatic heterocycles. The number of nitrogens with zero attached hydrogens (tertiary/aromatic N) is 1. The van der Waals surface area contributed by atoms with Crippen LogP contribution in [0.5, 0.6) is 5.75 Å². The van der Waals surface area contributed by atoms with E-state index in [1.54, 1.807) is 18.2 Å². The molecule has 0 saturated carbocycles. The number of halogens is 3. The van der Waals surface area contributed by atoms with Gasteiger partial charge in [-0.25, -0.2) is 9.69 Å². The molecule has 1 aliphatic rings. The Kier molecular flexibility index (Phi) is 4.83. The molecule has 1 amide bonds. The molecule has 1 aromatic carbocycles. The lowest BCUT2D eigenvalue weighted by Crippen LogP contribution is -2.39. The Hall–Kier alpha value is -2.23. The van der Waals surface area contributed by atoms with Gasteiger partial charge in [-0.1, -0.05) is 18.2 Å². The fourth-order valence-corrected chi connectivity index (χ4v) is 2.24. The molecule has 0 spiro atoms. The van der Waals surface area contributed by atoms with Gasteiger partial charge in [0, 0.05) is 6.54 Å². The van der Waals surface area contributed by atoms with Gasteiger partial charge in [-0.3, -0.25) is 0 Å². The minimum Gasteiger partial charge on any atom is -0.410 e. The minimum absolute atomic E-state index is 0.0229. The molecule has 6 nitrogen and oxygen atoms in total. The second-order valence-electron chi connectivity index (χ2n) is 4.50. The van der Waals surface area contributed by atoms with Crippen LogP contribution in [0, 0.1) is 0 Å². The Balaban J connectivity index is 2.16. The van der Waals surface area contributed by atoms with Gasteiger partial charge in [0.1, 0.15) is 5.75 Å². The maximum absolute atomic E-state index is 12.4. The number of amides is 1. The van der Waals surface area contributed by atoms with Crippen molar-refractivity contribution in [1.29, 1.82) is 0 Å². The topological polar surface area (TPSA) is 72.9 Å². The predicted molar refractivity (Wildman–Crippen MR) is 72.5 cm³/mol. The Morgan fingerprint density at radius 2 is 1.83 bits per heavy atom. The zero-order valence-corrected chi connectivity index (χ0v) is 12.4. The Morgan fingerprint density at radius 1 is 1.17 bits per heavy atom. The number of rotatable bonds is 3. The van der Waals surface area contributed by atoms with E-state index in [9.17, 15) is 26.4 Å². The summed E-state index contributed by atoms with van der Waals surface area (Å²) in [5, 5.41) is 0. The third kappa shape index (κ3) is 4.15. The molecule has 0 aliphatic carbocycles. The van der Waals surface area contributed by atoms with E-state index >= 15 is 0 Å². The number of hydrogen-bond acceptors (Lipinski definition) is 5. The standard InChI is InChI=1S/C13H12F3NO5S/c14-13(15,16)23(19,20)22-11-8-4-5-9-17(11)12(18)21-10-6-2-1-3-7-10/h1-3,6-8H,4-5,9H2. The van der Waals surface area contributed by atoms with Gasteiger partial charge >= 0.3 is 21.7 Å².